The van der Waals surface area contributed by atoms with Gasteiger partial charge in [-0.2, -0.15) is 5.26 Å². The third-order valence-corrected chi connectivity index (χ3v) is 2.28. The van der Waals surface area contributed by atoms with Crippen molar-refractivity contribution in [3.8, 4) is 6.19 Å². The summed E-state index contributed by atoms with van der Waals surface area (Å²) in [7, 11) is 0. The molecule has 0 unspecified atom stereocenters. The average molecular weight is 188 g/mol. The standard InChI is InChI=1S/C12H16N2/c1-12(2,14-10-13)9-8-11-6-4-3-5-7-11/h3-7,14H,8-9H2,1-2H3. The van der Waals surface area contributed by atoms with E-state index >= 15 is 0 Å². The van der Waals surface area contributed by atoms with Crippen molar-refractivity contribution in [3.63, 3.8) is 0 Å². The Balaban J connectivity index is 2.45. The quantitative estimate of drug-likeness (QED) is 0.582. The summed E-state index contributed by atoms with van der Waals surface area (Å²) in [6.07, 6.45) is 3.96. The first kappa shape index (κ1) is 10.6. The minimum Gasteiger partial charge on any atom is -0.318 e. The predicted octanol–water partition coefficient (Wildman–Crippen LogP) is 2.47. The molecule has 0 atom stereocenters. The molecular weight excluding hydrogens is 172 g/mol. The summed E-state index contributed by atoms with van der Waals surface area (Å²) in [5, 5.41) is 11.3. The van der Waals surface area contributed by atoms with Gasteiger partial charge in [-0.3, -0.25) is 0 Å². The Bertz CT molecular complexity index is 309. The van der Waals surface area contributed by atoms with Gasteiger partial charge in [0.25, 0.3) is 0 Å². The molecule has 1 aromatic carbocycles. The fourth-order valence-corrected chi connectivity index (χ4v) is 1.32. The second-order valence-corrected chi connectivity index (χ2v) is 4.11. The largest absolute Gasteiger partial charge is 0.318 e. The van der Waals surface area contributed by atoms with Gasteiger partial charge in [-0.25, -0.2) is 0 Å². The predicted molar refractivity (Wildman–Crippen MR) is 57.6 cm³/mol. The van der Waals surface area contributed by atoms with Crippen LogP contribution in [0.2, 0.25) is 0 Å². The number of nitrogens with one attached hydrogen (secondary N) is 1. The van der Waals surface area contributed by atoms with Crippen molar-refractivity contribution in [3.05, 3.63) is 35.9 Å². The SMILES string of the molecule is CC(C)(CCc1ccccc1)NC#N. The van der Waals surface area contributed by atoms with Crippen LogP contribution in [-0.4, -0.2) is 5.54 Å². The Hall–Kier alpha value is -1.49. The lowest BCUT2D eigenvalue weighted by molar-refractivity contribution is 0.416. The van der Waals surface area contributed by atoms with Crippen molar-refractivity contribution >= 4 is 0 Å². The van der Waals surface area contributed by atoms with Gasteiger partial charge in [-0.05, 0) is 32.3 Å². The van der Waals surface area contributed by atoms with Crippen LogP contribution in [0.1, 0.15) is 25.8 Å². The molecule has 74 valence electrons. The van der Waals surface area contributed by atoms with Crippen LogP contribution in [0.15, 0.2) is 30.3 Å². The number of nitrogens with zero attached hydrogens (tertiary/aromatic N) is 1. The van der Waals surface area contributed by atoms with Crippen LogP contribution < -0.4 is 5.32 Å². The molecule has 2 heteroatoms. The minimum absolute atomic E-state index is 0.107. The number of rotatable bonds is 4. The summed E-state index contributed by atoms with van der Waals surface area (Å²) in [5.74, 6) is 0. The van der Waals surface area contributed by atoms with E-state index in [2.05, 4.69) is 17.4 Å². The van der Waals surface area contributed by atoms with E-state index in [1.165, 1.54) is 5.56 Å². The Labute approximate surface area is 85.6 Å². The maximum absolute atomic E-state index is 8.54. The normalized spacial score (nSPS) is 10.6. The van der Waals surface area contributed by atoms with E-state index in [0.29, 0.717) is 0 Å². The summed E-state index contributed by atoms with van der Waals surface area (Å²) in [6, 6.07) is 10.3. The van der Waals surface area contributed by atoms with Crippen molar-refractivity contribution in [1.82, 2.24) is 5.32 Å². The van der Waals surface area contributed by atoms with Gasteiger partial charge in [0, 0.05) is 5.54 Å². The smallest absolute Gasteiger partial charge is 0.177 e. The van der Waals surface area contributed by atoms with Crippen molar-refractivity contribution in [1.29, 1.82) is 5.26 Å². The van der Waals surface area contributed by atoms with Crippen LogP contribution in [0.3, 0.4) is 0 Å². The van der Waals surface area contributed by atoms with Gasteiger partial charge in [0.05, 0.1) is 0 Å². The molecule has 0 saturated carbocycles. The van der Waals surface area contributed by atoms with Crippen molar-refractivity contribution in [2.45, 2.75) is 32.2 Å². The highest BCUT2D eigenvalue weighted by Crippen LogP contribution is 2.12. The van der Waals surface area contributed by atoms with Crippen LogP contribution in [0.25, 0.3) is 0 Å². The van der Waals surface area contributed by atoms with Crippen LogP contribution in [0.5, 0.6) is 0 Å². The monoisotopic (exact) mass is 188 g/mol. The Kier molecular flexibility index (Phi) is 3.53. The molecule has 0 amide bonds. The molecule has 0 saturated heterocycles. The molecule has 0 radical (unpaired) electrons. The topological polar surface area (TPSA) is 35.8 Å². The van der Waals surface area contributed by atoms with E-state index in [-0.39, 0.29) is 5.54 Å². The average Bonchev–Trinajstić information content (AvgIpc) is 2.17. The zero-order valence-electron chi connectivity index (χ0n) is 8.75. The van der Waals surface area contributed by atoms with E-state index in [1.807, 2.05) is 38.2 Å². The summed E-state index contributed by atoms with van der Waals surface area (Å²) in [6.45, 7) is 4.08. The molecule has 1 N–H and O–H groups in total. The van der Waals surface area contributed by atoms with Gasteiger partial charge in [0.15, 0.2) is 6.19 Å². The highest BCUT2D eigenvalue weighted by molar-refractivity contribution is 5.15. The van der Waals surface area contributed by atoms with Crippen LogP contribution in [0.4, 0.5) is 0 Å². The van der Waals surface area contributed by atoms with Gasteiger partial charge in [-0.1, -0.05) is 30.3 Å². The Morgan fingerprint density at radius 3 is 2.50 bits per heavy atom. The van der Waals surface area contributed by atoms with Gasteiger partial charge < -0.3 is 5.32 Å². The lowest BCUT2D eigenvalue weighted by Gasteiger charge is -2.22. The molecule has 1 aromatic rings. The molecule has 14 heavy (non-hydrogen) atoms. The highest BCUT2D eigenvalue weighted by atomic mass is 14.9. The van der Waals surface area contributed by atoms with E-state index in [9.17, 15) is 0 Å². The van der Waals surface area contributed by atoms with Crippen molar-refractivity contribution in [2.75, 3.05) is 0 Å². The maximum atomic E-state index is 8.54. The zero-order chi connectivity index (χ0) is 10.4. The van der Waals surface area contributed by atoms with E-state index in [0.717, 1.165) is 12.8 Å². The molecule has 0 aliphatic carbocycles. The highest BCUT2D eigenvalue weighted by Gasteiger charge is 2.15. The summed E-state index contributed by atoms with van der Waals surface area (Å²) >= 11 is 0. The summed E-state index contributed by atoms with van der Waals surface area (Å²) in [4.78, 5) is 0. The molecule has 2 nitrogen and oxygen atoms in total. The maximum Gasteiger partial charge on any atom is 0.177 e. The first-order valence-electron chi connectivity index (χ1n) is 4.84. The van der Waals surface area contributed by atoms with Gasteiger partial charge in [-0.15, -0.1) is 0 Å². The molecule has 0 aliphatic heterocycles. The molecule has 0 bridgehead atoms. The minimum atomic E-state index is -0.107. The molecule has 1 rings (SSSR count). The zero-order valence-corrected chi connectivity index (χ0v) is 8.75. The number of aryl methyl sites for hydroxylation is 1. The van der Waals surface area contributed by atoms with Crippen LogP contribution in [-0.2, 0) is 6.42 Å². The fraction of sp³-hybridized carbons (Fsp3) is 0.417. The molecule has 0 spiro atoms. The third kappa shape index (κ3) is 3.49. The molecular formula is C12H16N2. The van der Waals surface area contributed by atoms with Crippen LogP contribution >= 0.6 is 0 Å². The number of hydrogen-bond donors (Lipinski definition) is 1. The first-order valence-corrected chi connectivity index (χ1v) is 4.84. The summed E-state index contributed by atoms with van der Waals surface area (Å²) < 4.78 is 0. The molecule has 0 heterocycles. The molecule has 0 aliphatic rings. The number of hydrogen-bond acceptors (Lipinski definition) is 2. The third-order valence-electron chi connectivity index (χ3n) is 2.28. The Morgan fingerprint density at radius 2 is 1.93 bits per heavy atom. The molecule has 0 aromatic heterocycles. The van der Waals surface area contributed by atoms with Crippen LogP contribution in [0, 0.1) is 11.5 Å². The first-order chi connectivity index (χ1) is 6.64. The second-order valence-electron chi connectivity index (χ2n) is 4.11. The second kappa shape index (κ2) is 4.66. The van der Waals surface area contributed by atoms with E-state index in [4.69, 9.17) is 5.26 Å². The fourth-order valence-electron chi connectivity index (χ4n) is 1.32. The molecule has 0 fully saturated rings. The van der Waals surface area contributed by atoms with Gasteiger partial charge in [0.2, 0.25) is 0 Å². The van der Waals surface area contributed by atoms with Crippen molar-refractivity contribution in [2.24, 2.45) is 0 Å². The lowest BCUT2D eigenvalue weighted by Crippen LogP contribution is -2.36. The van der Waals surface area contributed by atoms with E-state index in [1.54, 1.807) is 0 Å². The summed E-state index contributed by atoms with van der Waals surface area (Å²) in [5.41, 5.74) is 1.21. The van der Waals surface area contributed by atoms with Crippen molar-refractivity contribution < 1.29 is 0 Å². The van der Waals surface area contributed by atoms with E-state index < -0.39 is 0 Å². The number of benzene rings is 1. The number of nitriles is 1. The Morgan fingerprint density at radius 1 is 1.29 bits per heavy atom. The lowest BCUT2D eigenvalue weighted by atomic mass is 9.96. The van der Waals surface area contributed by atoms with Gasteiger partial charge >= 0.3 is 0 Å². The van der Waals surface area contributed by atoms with Gasteiger partial charge in [0.1, 0.15) is 0 Å².